The van der Waals surface area contributed by atoms with Gasteiger partial charge in [-0.25, -0.2) is 0 Å². The van der Waals surface area contributed by atoms with Gasteiger partial charge in [0.2, 0.25) is 0 Å². The number of hydrogen-bond donors (Lipinski definition) is 2. The van der Waals surface area contributed by atoms with Crippen LogP contribution < -0.4 is 5.32 Å². The molecule has 0 amide bonds. The molecule has 0 spiro atoms. The first-order chi connectivity index (χ1) is 7.54. The van der Waals surface area contributed by atoms with Crippen molar-refractivity contribution in [2.24, 2.45) is 0 Å². The molecule has 1 aromatic rings. The zero-order chi connectivity index (χ0) is 12.1. The van der Waals surface area contributed by atoms with Crippen LogP contribution in [0.15, 0.2) is 18.2 Å². The smallest absolute Gasteiger partial charge is 0.120 e. The number of methoxy groups -OCH3 is 1. The van der Waals surface area contributed by atoms with Gasteiger partial charge in [0, 0.05) is 25.3 Å². The van der Waals surface area contributed by atoms with Crippen molar-refractivity contribution in [3.8, 4) is 5.75 Å². The lowest BCUT2D eigenvalue weighted by molar-refractivity contribution is 0.115. The van der Waals surface area contributed by atoms with E-state index in [1.807, 2.05) is 32.9 Å². The fraction of sp³-hybridized carbons (Fsp3) is 0.538. The fourth-order valence-electron chi connectivity index (χ4n) is 1.56. The van der Waals surface area contributed by atoms with Crippen molar-refractivity contribution in [2.45, 2.75) is 32.9 Å². The topological polar surface area (TPSA) is 41.5 Å². The van der Waals surface area contributed by atoms with Crippen molar-refractivity contribution in [3.63, 3.8) is 0 Å². The Kier molecular flexibility index (Phi) is 4.77. The Morgan fingerprint density at radius 2 is 2.06 bits per heavy atom. The number of phenolic OH excluding ortho intramolecular Hbond substituents is 1. The average molecular weight is 223 g/mol. The number of aryl methyl sites for hydroxylation is 1. The molecule has 1 aromatic carbocycles. The number of benzene rings is 1. The molecule has 0 aliphatic carbocycles. The molecular formula is C13H21NO2. The van der Waals surface area contributed by atoms with Gasteiger partial charge in [-0.15, -0.1) is 0 Å². The van der Waals surface area contributed by atoms with E-state index in [-0.39, 0.29) is 12.1 Å². The summed E-state index contributed by atoms with van der Waals surface area (Å²) in [6, 6.07) is 5.77. The lowest BCUT2D eigenvalue weighted by atomic mass is 10.0. The first kappa shape index (κ1) is 13.0. The van der Waals surface area contributed by atoms with Gasteiger partial charge in [0.1, 0.15) is 5.75 Å². The zero-order valence-electron chi connectivity index (χ0n) is 10.4. The van der Waals surface area contributed by atoms with Gasteiger partial charge >= 0.3 is 0 Å². The Hall–Kier alpha value is -1.06. The molecule has 2 N–H and O–H groups in total. The Labute approximate surface area is 97.4 Å². The highest BCUT2D eigenvalue weighted by molar-refractivity contribution is 5.37. The quantitative estimate of drug-likeness (QED) is 0.805. The first-order valence-electron chi connectivity index (χ1n) is 5.60. The molecule has 0 aliphatic heterocycles. The third-order valence-electron chi connectivity index (χ3n) is 2.76. The van der Waals surface area contributed by atoms with Crippen LogP contribution in [0.4, 0.5) is 0 Å². The standard InChI is InChI=1S/C13H21NO2/c1-9-5-6-13(15)12(7-9)11(3)14-8-10(2)16-4/h5-7,10-11,14-15H,8H2,1-4H3. The van der Waals surface area contributed by atoms with Crippen LogP contribution >= 0.6 is 0 Å². The molecule has 0 saturated carbocycles. The van der Waals surface area contributed by atoms with Gasteiger partial charge in [0.25, 0.3) is 0 Å². The molecule has 0 fully saturated rings. The van der Waals surface area contributed by atoms with Gasteiger partial charge in [-0.3, -0.25) is 0 Å². The Morgan fingerprint density at radius 1 is 1.38 bits per heavy atom. The van der Waals surface area contributed by atoms with E-state index < -0.39 is 0 Å². The summed E-state index contributed by atoms with van der Waals surface area (Å²) in [6.45, 7) is 6.84. The average Bonchev–Trinajstić information content (AvgIpc) is 2.28. The molecule has 3 heteroatoms. The van der Waals surface area contributed by atoms with Crippen LogP contribution in [0.3, 0.4) is 0 Å². The van der Waals surface area contributed by atoms with Crippen LogP contribution in [0.25, 0.3) is 0 Å². The first-order valence-corrected chi connectivity index (χ1v) is 5.60. The summed E-state index contributed by atoms with van der Waals surface area (Å²) in [4.78, 5) is 0. The van der Waals surface area contributed by atoms with E-state index in [4.69, 9.17) is 4.74 Å². The van der Waals surface area contributed by atoms with E-state index in [0.29, 0.717) is 5.75 Å². The zero-order valence-corrected chi connectivity index (χ0v) is 10.4. The van der Waals surface area contributed by atoms with Gasteiger partial charge in [-0.05, 0) is 26.8 Å². The molecule has 90 valence electrons. The van der Waals surface area contributed by atoms with Crippen LogP contribution in [-0.4, -0.2) is 24.9 Å². The number of ether oxygens (including phenoxy) is 1. The van der Waals surface area contributed by atoms with Gasteiger partial charge in [-0.1, -0.05) is 17.7 Å². The van der Waals surface area contributed by atoms with Gasteiger partial charge in [-0.2, -0.15) is 0 Å². The lowest BCUT2D eigenvalue weighted by Crippen LogP contribution is -2.28. The van der Waals surface area contributed by atoms with E-state index in [9.17, 15) is 5.11 Å². The summed E-state index contributed by atoms with van der Waals surface area (Å²) < 4.78 is 5.17. The third kappa shape index (κ3) is 3.51. The minimum absolute atomic E-state index is 0.123. The largest absolute Gasteiger partial charge is 0.508 e. The maximum absolute atomic E-state index is 9.76. The van der Waals surface area contributed by atoms with Crippen LogP contribution in [-0.2, 0) is 4.74 Å². The molecule has 2 unspecified atom stereocenters. The van der Waals surface area contributed by atoms with Crippen molar-refractivity contribution < 1.29 is 9.84 Å². The van der Waals surface area contributed by atoms with E-state index in [1.165, 1.54) is 0 Å². The van der Waals surface area contributed by atoms with Crippen molar-refractivity contribution >= 4 is 0 Å². The van der Waals surface area contributed by atoms with E-state index in [1.54, 1.807) is 13.2 Å². The number of phenols is 1. The highest BCUT2D eigenvalue weighted by Crippen LogP contribution is 2.24. The monoisotopic (exact) mass is 223 g/mol. The van der Waals surface area contributed by atoms with Crippen LogP contribution in [0.1, 0.15) is 31.0 Å². The summed E-state index contributed by atoms with van der Waals surface area (Å²) in [5.41, 5.74) is 2.09. The molecule has 0 bridgehead atoms. The second kappa shape index (κ2) is 5.87. The molecule has 0 heterocycles. The second-order valence-electron chi connectivity index (χ2n) is 4.24. The van der Waals surface area contributed by atoms with Crippen LogP contribution in [0, 0.1) is 6.92 Å². The van der Waals surface area contributed by atoms with Gasteiger partial charge in [0.15, 0.2) is 0 Å². The summed E-state index contributed by atoms with van der Waals surface area (Å²) in [5, 5.41) is 13.1. The molecule has 2 atom stereocenters. The van der Waals surface area contributed by atoms with E-state index in [0.717, 1.165) is 17.7 Å². The van der Waals surface area contributed by atoms with E-state index >= 15 is 0 Å². The number of nitrogens with one attached hydrogen (secondary N) is 1. The molecular weight excluding hydrogens is 202 g/mol. The van der Waals surface area contributed by atoms with Gasteiger partial charge < -0.3 is 15.2 Å². The predicted octanol–water partition coefficient (Wildman–Crippen LogP) is 2.39. The molecule has 16 heavy (non-hydrogen) atoms. The number of rotatable bonds is 5. The predicted molar refractivity (Wildman–Crippen MR) is 65.7 cm³/mol. The third-order valence-corrected chi connectivity index (χ3v) is 2.76. The molecule has 0 saturated heterocycles. The second-order valence-corrected chi connectivity index (χ2v) is 4.24. The van der Waals surface area contributed by atoms with Gasteiger partial charge in [0.05, 0.1) is 6.10 Å². The van der Waals surface area contributed by atoms with Crippen molar-refractivity contribution in [3.05, 3.63) is 29.3 Å². The summed E-state index contributed by atoms with van der Waals surface area (Å²) in [7, 11) is 1.70. The fourth-order valence-corrected chi connectivity index (χ4v) is 1.56. The maximum Gasteiger partial charge on any atom is 0.120 e. The molecule has 3 nitrogen and oxygen atoms in total. The normalized spacial score (nSPS) is 14.8. The Bertz CT molecular complexity index is 339. The summed E-state index contributed by atoms with van der Waals surface area (Å²) in [5.74, 6) is 0.343. The minimum Gasteiger partial charge on any atom is -0.508 e. The molecule has 0 radical (unpaired) electrons. The SMILES string of the molecule is COC(C)CNC(C)c1cc(C)ccc1O. The molecule has 0 aliphatic rings. The van der Waals surface area contributed by atoms with Crippen molar-refractivity contribution in [2.75, 3.05) is 13.7 Å². The van der Waals surface area contributed by atoms with E-state index in [2.05, 4.69) is 5.32 Å². The maximum atomic E-state index is 9.76. The molecule has 1 rings (SSSR count). The highest BCUT2D eigenvalue weighted by atomic mass is 16.5. The Morgan fingerprint density at radius 3 is 2.69 bits per heavy atom. The minimum atomic E-state index is 0.123. The number of aromatic hydroxyl groups is 1. The van der Waals surface area contributed by atoms with Crippen molar-refractivity contribution in [1.29, 1.82) is 0 Å². The van der Waals surface area contributed by atoms with Crippen LogP contribution in [0.2, 0.25) is 0 Å². The lowest BCUT2D eigenvalue weighted by Gasteiger charge is -2.18. The molecule has 0 aromatic heterocycles. The summed E-state index contributed by atoms with van der Waals surface area (Å²) >= 11 is 0. The Balaban J connectivity index is 2.65. The van der Waals surface area contributed by atoms with Crippen molar-refractivity contribution in [1.82, 2.24) is 5.32 Å². The van der Waals surface area contributed by atoms with Crippen LogP contribution in [0.5, 0.6) is 5.75 Å². The highest BCUT2D eigenvalue weighted by Gasteiger charge is 2.11. The summed E-state index contributed by atoms with van der Waals surface area (Å²) in [6.07, 6.45) is 0.175. The number of hydrogen-bond acceptors (Lipinski definition) is 3.